The molecule has 0 bridgehead atoms. The van der Waals surface area contributed by atoms with Crippen molar-refractivity contribution in [2.45, 2.75) is 77.8 Å². The number of nitrogens with zero attached hydrogens (tertiary/aromatic N) is 1. The van der Waals surface area contributed by atoms with Gasteiger partial charge in [-0.1, -0.05) is 20.8 Å². The van der Waals surface area contributed by atoms with Gasteiger partial charge in [-0.3, -0.25) is 0 Å². The third-order valence-corrected chi connectivity index (χ3v) is 5.60. The summed E-state index contributed by atoms with van der Waals surface area (Å²) < 4.78 is 0. The standard InChI is InChI=1S/C15H31NO2/c1-6-14(4)11-13(9-8-10-17)12(3)15(5,7-2)16(14)18/h12-13,17-18H,6-11H2,1-5H3. The van der Waals surface area contributed by atoms with E-state index in [4.69, 9.17) is 5.11 Å². The fraction of sp³-hybridized carbons (Fsp3) is 1.00. The van der Waals surface area contributed by atoms with Crippen LogP contribution in [0.1, 0.15) is 66.7 Å². The number of rotatable bonds is 5. The van der Waals surface area contributed by atoms with Gasteiger partial charge in [0.25, 0.3) is 0 Å². The van der Waals surface area contributed by atoms with Gasteiger partial charge < -0.3 is 10.3 Å². The van der Waals surface area contributed by atoms with Gasteiger partial charge in [-0.2, -0.15) is 5.06 Å². The Bertz CT molecular complexity index is 271. The fourth-order valence-corrected chi connectivity index (χ4v) is 3.62. The summed E-state index contributed by atoms with van der Waals surface area (Å²) >= 11 is 0. The molecule has 1 aliphatic heterocycles. The molecule has 1 fully saturated rings. The van der Waals surface area contributed by atoms with Crippen LogP contribution in [0.4, 0.5) is 0 Å². The zero-order valence-corrected chi connectivity index (χ0v) is 12.7. The summed E-state index contributed by atoms with van der Waals surface area (Å²) in [5.74, 6) is 1.05. The highest BCUT2D eigenvalue weighted by Gasteiger charge is 2.51. The van der Waals surface area contributed by atoms with Crippen LogP contribution >= 0.6 is 0 Å². The lowest BCUT2D eigenvalue weighted by molar-refractivity contribution is -0.281. The van der Waals surface area contributed by atoms with Gasteiger partial charge in [-0.15, -0.1) is 0 Å². The van der Waals surface area contributed by atoms with Gasteiger partial charge in [0, 0.05) is 17.7 Å². The van der Waals surface area contributed by atoms with Crippen molar-refractivity contribution >= 4 is 0 Å². The van der Waals surface area contributed by atoms with Gasteiger partial charge in [0.2, 0.25) is 0 Å². The maximum absolute atomic E-state index is 10.6. The van der Waals surface area contributed by atoms with Gasteiger partial charge in [-0.25, -0.2) is 0 Å². The molecule has 1 saturated heterocycles. The second-order valence-electron chi connectivity index (χ2n) is 6.49. The van der Waals surface area contributed by atoms with E-state index in [0.29, 0.717) is 11.8 Å². The van der Waals surface area contributed by atoms with Crippen LogP contribution in [-0.2, 0) is 0 Å². The van der Waals surface area contributed by atoms with Gasteiger partial charge in [0.15, 0.2) is 0 Å². The van der Waals surface area contributed by atoms with Crippen molar-refractivity contribution in [1.29, 1.82) is 0 Å². The molecule has 108 valence electrons. The van der Waals surface area contributed by atoms with Crippen LogP contribution < -0.4 is 0 Å². The van der Waals surface area contributed by atoms with E-state index in [1.165, 1.54) is 0 Å². The number of aliphatic hydroxyl groups excluding tert-OH is 1. The summed E-state index contributed by atoms with van der Waals surface area (Å²) in [7, 11) is 0. The van der Waals surface area contributed by atoms with Crippen LogP contribution in [0.25, 0.3) is 0 Å². The maximum Gasteiger partial charge on any atom is 0.0464 e. The Labute approximate surface area is 112 Å². The van der Waals surface area contributed by atoms with E-state index in [1.807, 2.05) is 0 Å². The average Bonchev–Trinajstić information content (AvgIpc) is 2.39. The molecule has 0 aromatic carbocycles. The smallest absolute Gasteiger partial charge is 0.0464 e. The third-order valence-electron chi connectivity index (χ3n) is 5.60. The topological polar surface area (TPSA) is 43.7 Å². The minimum atomic E-state index is -0.150. The molecule has 0 saturated carbocycles. The molecule has 0 amide bonds. The van der Waals surface area contributed by atoms with Crippen LogP contribution in [0.5, 0.6) is 0 Å². The SMILES string of the molecule is CCC1(C)CC(CCCO)C(C)C(C)(CC)N1O. The normalized spacial score (nSPS) is 42.2. The largest absolute Gasteiger partial charge is 0.396 e. The van der Waals surface area contributed by atoms with Crippen molar-refractivity contribution in [2.24, 2.45) is 11.8 Å². The minimum absolute atomic E-state index is 0.128. The quantitative estimate of drug-likeness (QED) is 0.793. The Kier molecular flexibility index (Phi) is 5.22. The Morgan fingerprint density at radius 3 is 2.28 bits per heavy atom. The second kappa shape index (κ2) is 5.89. The van der Waals surface area contributed by atoms with E-state index >= 15 is 0 Å². The molecule has 0 radical (unpaired) electrons. The zero-order valence-electron chi connectivity index (χ0n) is 12.7. The lowest BCUT2D eigenvalue weighted by atomic mass is 9.64. The molecular formula is C15H31NO2. The predicted octanol–water partition coefficient (Wildman–Crippen LogP) is 3.44. The van der Waals surface area contributed by atoms with E-state index in [0.717, 1.165) is 32.1 Å². The summed E-state index contributed by atoms with van der Waals surface area (Å²) in [5, 5.41) is 21.3. The van der Waals surface area contributed by atoms with Crippen LogP contribution in [-0.4, -0.2) is 33.1 Å². The monoisotopic (exact) mass is 257 g/mol. The van der Waals surface area contributed by atoms with Crippen molar-refractivity contribution in [3.05, 3.63) is 0 Å². The maximum atomic E-state index is 10.6. The molecule has 0 aromatic rings. The summed E-state index contributed by atoms with van der Waals surface area (Å²) in [6, 6.07) is 0. The first-order valence-corrected chi connectivity index (χ1v) is 7.45. The second-order valence-corrected chi connectivity index (χ2v) is 6.49. The molecule has 1 heterocycles. The van der Waals surface area contributed by atoms with E-state index in [9.17, 15) is 5.21 Å². The number of piperidine rings is 1. The van der Waals surface area contributed by atoms with E-state index in [-0.39, 0.29) is 17.7 Å². The highest BCUT2D eigenvalue weighted by Crippen LogP contribution is 2.48. The molecule has 4 atom stereocenters. The summed E-state index contributed by atoms with van der Waals surface area (Å²) in [4.78, 5) is 0. The van der Waals surface area contributed by atoms with E-state index < -0.39 is 0 Å². The Hall–Kier alpha value is -0.120. The van der Waals surface area contributed by atoms with Crippen LogP contribution in [0.3, 0.4) is 0 Å². The Morgan fingerprint density at radius 2 is 1.83 bits per heavy atom. The summed E-state index contributed by atoms with van der Waals surface area (Å²) in [6.45, 7) is 11.2. The van der Waals surface area contributed by atoms with Crippen molar-refractivity contribution in [3.63, 3.8) is 0 Å². The van der Waals surface area contributed by atoms with Crippen LogP contribution in [0, 0.1) is 11.8 Å². The minimum Gasteiger partial charge on any atom is -0.396 e. The molecule has 0 aliphatic carbocycles. The molecule has 0 aromatic heterocycles. The van der Waals surface area contributed by atoms with Gasteiger partial charge >= 0.3 is 0 Å². The molecule has 0 spiro atoms. The predicted molar refractivity (Wildman–Crippen MR) is 74.6 cm³/mol. The van der Waals surface area contributed by atoms with Gasteiger partial charge in [-0.05, 0) is 57.8 Å². The summed E-state index contributed by atoms with van der Waals surface area (Å²) in [5.41, 5.74) is -0.277. The highest BCUT2D eigenvalue weighted by molar-refractivity contribution is 5.02. The molecule has 3 nitrogen and oxygen atoms in total. The first-order valence-electron chi connectivity index (χ1n) is 7.45. The van der Waals surface area contributed by atoms with Gasteiger partial charge in [0.05, 0.1) is 0 Å². The van der Waals surface area contributed by atoms with E-state index in [2.05, 4.69) is 34.6 Å². The third kappa shape index (κ3) is 2.59. The molecule has 18 heavy (non-hydrogen) atoms. The first-order chi connectivity index (χ1) is 8.35. The fourth-order valence-electron chi connectivity index (χ4n) is 3.62. The van der Waals surface area contributed by atoms with E-state index in [1.54, 1.807) is 5.06 Å². The molecule has 1 aliphatic rings. The molecule has 3 heteroatoms. The Balaban J connectivity index is 2.97. The zero-order chi connectivity index (χ0) is 14.0. The van der Waals surface area contributed by atoms with Crippen molar-refractivity contribution in [2.75, 3.05) is 6.61 Å². The average molecular weight is 257 g/mol. The molecule has 4 unspecified atom stereocenters. The number of hydrogen-bond acceptors (Lipinski definition) is 3. The summed E-state index contributed by atoms with van der Waals surface area (Å²) in [6.07, 6.45) is 4.88. The lowest BCUT2D eigenvalue weighted by Gasteiger charge is -2.57. The highest BCUT2D eigenvalue weighted by atomic mass is 16.5. The molecule has 2 N–H and O–H groups in total. The first kappa shape index (κ1) is 15.9. The number of hydrogen-bond donors (Lipinski definition) is 2. The van der Waals surface area contributed by atoms with Crippen molar-refractivity contribution in [3.8, 4) is 0 Å². The van der Waals surface area contributed by atoms with Crippen LogP contribution in [0.15, 0.2) is 0 Å². The van der Waals surface area contributed by atoms with Crippen molar-refractivity contribution < 1.29 is 10.3 Å². The van der Waals surface area contributed by atoms with Crippen LogP contribution in [0.2, 0.25) is 0 Å². The lowest BCUT2D eigenvalue weighted by Crippen LogP contribution is -2.65. The molecular weight excluding hydrogens is 226 g/mol. The number of aliphatic hydroxyl groups is 1. The van der Waals surface area contributed by atoms with Crippen molar-refractivity contribution in [1.82, 2.24) is 5.06 Å². The number of hydroxylamine groups is 2. The molecule has 1 rings (SSSR count). The van der Waals surface area contributed by atoms with Gasteiger partial charge in [0.1, 0.15) is 0 Å². The Morgan fingerprint density at radius 1 is 1.22 bits per heavy atom.